The number of amides is 1. The van der Waals surface area contributed by atoms with Crippen LogP contribution in [0.3, 0.4) is 0 Å². The molecule has 1 atom stereocenters. The van der Waals surface area contributed by atoms with Gasteiger partial charge in [0.05, 0.1) is 38.5 Å². The maximum absolute atomic E-state index is 14.2. The molecule has 1 N–H and O–H groups in total. The Bertz CT molecular complexity index is 1590. The van der Waals surface area contributed by atoms with Gasteiger partial charge in [-0.05, 0) is 45.5 Å². The molecule has 1 amide bonds. The van der Waals surface area contributed by atoms with E-state index in [9.17, 15) is 9.59 Å². The number of fused-ring (bicyclic) bond motifs is 1. The molecule has 13 heteroatoms. The molecule has 2 saturated heterocycles. The van der Waals surface area contributed by atoms with Gasteiger partial charge in [-0.2, -0.15) is 4.98 Å². The van der Waals surface area contributed by atoms with Crippen molar-refractivity contribution in [3.63, 3.8) is 0 Å². The lowest BCUT2D eigenvalue weighted by molar-refractivity contribution is -0.125. The lowest BCUT2D eigenvalue weighted by atomic mass is 10.0. The van der Waals surface area contributed by atoms with Crippen LogP contribution in [0.2, 0.25) is 5.02 Å². The molecular weight excluding hydrogens is 600 g/mol. The number of benzene rings is 1. The quantitative estimate of drug-likeness (QED) is 0.295. The molecule has 5 rings (SSSR count). The highest BCUT2D eigenvalue weighted by atomic mass is 35.5. The fourth-order valence-electron chi connectivity index (χ4n) is 5.53. The van der Waals surface area contributed by atoms with Crippen molar-refractivity contribution in [3.05, 3.63) is 51.9 Å². The molecule has 0 bridgehead atoms. The lowest BCUT2D eigenvalue weighted by Gasteiger charge is -2.23. The van der Waals surface area contributed by atoms with Crippen LogP contribution in [0.4, 0.5) is 5.95 Å². The second-order valence-corrected chi connectivity index (χ2v) is 11.8. The van der Waals surface area contributed by atoms with Crippen molar-refractivity contribution in [2.24, 2.45) is 0 Å². The number of carbonyl (C=O) groups is 1. The highest BCUT2D eigenvalue weighted by Crippen LogP contribution is 2.38. The number of carbonyl (C=O) groups excluding carboxylic acids is 1. The van der Waals surface area contributed by atoms with Gasteiger partial charge in [0, 0.05) is 73.7 Å². The van der Waals surface area contributed by atoms with Crippen LogP contribution < -0.4 is 20.3 Å². The molecule has 1 unspecified atom stereocenters. The number of rotatable bonds is 12. The number of hydrogen-bond donors (Lipinski definition) is 1. The summed E-state index contributed by atoms with van der Waals surface area (Å²) in [6, 6.07) is 5.32. The van der Waals surface area contributed by atoms with Crippen LogP contribution in [-0.4, -0.2) is 110 Å². The Morgan fingerprint density at radius 2 is 1.96 bits per heavy atom. The molecule has 12 nitrogen and oxygen atoms in total. The smallest absolute Gasteiger partial charge is 0.260 e. The van der Waals surface area contributed by atoms with E-state index in [1.54, 1.807) is 47.0 Å². The average Bonchev–Trinajstić information content (AvgIpc) is 3.52. The first kappa shape index (κ1) is 32.7. The molecule has 2 fully saturated rings. The van der Waals surface area contributed by atoms with Crippen molar-refractivity contribution in [2.75, 3.05) is 73.1 Å². The summed E-state index contributed by atoms with van der Waals surface area (Å²) in [5, 5.41) is 4.36. The number of likely N-dealkylation sites (tertiary alicyclic amines) is 1. The number of pyridine rings is 1. The number of likely N-dealkylation sites (N-methyl/N-ethyl adjacent to an activating group) is 1. The highest BCUT2D eigenvalue weighted by Gasteiger charge is 2.26. The van der Waals surface area contributed by atoms with Gasteiger partial charge in [0.1, 0.15) is 17.1 Å². The first-order chi connectivity index (χ1) is 21.8. The number of aromatic nitrogens is 3. The lowest BCUT2D eigenvalue weighted by Crippen LogP contribution is -2.30. The number of nitrogens with zero attached hydrogens (tertiary/aromatic N) is 5. The van der Waals surface area contributed by atoms with E-state index in [1.807, 2.05) is 25.1 Å². The first-order valence-electron chi connectivity index (χ1n) is 15.2. The normalized spacial score (nSPS) is 17.5. The van der Waals surface area contributed by atoms with Crippen LogP contribution in [0.5, 0.6) is 11.5 Å². The zero-order valence-corrected chi connectivity index (χ0v) is 27.0. The van der Waals surface area contributed by atoms with Crippen LogP contribution in [-0.2, 0) is 20.8 Å². The summed E-state index contributed by atoms with van der Waals surface area (Å²) in [5.74, 6) is 1.32. The predicted octanol–water partition coefficient (Wildman–Crippen LogP) is 3.46. The third kappa shape index (κ3) is 7.93. The number of nitrogens with one attached hydrogen (secondary N) is 1. The Hall–Kier alpha value is -3.71. The molecule has 242 valence electrons. The molecular formula is C32H41ClN6O6. The van der Waals surface area contributed by atoms with E-state index in [-0.39, 0.29) is 36.8 Å². The Labute approximate surface area is 267 Å². The zero-order chi connectivity index (χ0) is 31.9. The number of hydrogen-bond acceptors (Lipinski definition) is 10. The highest BCUT2D eigenvalue weighted by molar-refractivity contribution is 6.35. The van der Waals surface area contributed by atoms with E-state index in [0.717, 1.165) is 19.3 Å². The minimum Gasteiger partial charge on any atom is -0.497 e. The van der Waals surface area contributed by atoms with E-state index in [4.69, 9.17) is 35.5 Å². The molecule has 2 aliphatic heterocycles. The number of halogens is 1. The number of ether oxygens (including phenoxy) is 4. The van der Waals surface area contributed by atoms with Crippen LogP contribution in [0, 0.1) is 0 Å². The van der Waals surface area contributed by atoms with Gasteiger partial charge in [-0.3, -0.25) is 14.2 Å². The summed E-state index contributed by atoms with van der Waals surface area (Å²) in [6.45, 7) is 3.67. The van der Waals surface area contributed by atoms with Gasteiger partial charge in [0.25, 0.3) is 5.56 Å². The van der Waals surface area contributed by atoms with E-state index in [2.05, 4.69) is 10.3 Å². The second-order valence-electron chi connectivity index (χ2n) is 11.4. The summed E-state index contributed by atoms with van der Waals surface area (Å²) >= 11 is 6.71. The fraction of sp³-hybridized carbons (Fsp3) is 0.500. The van der Waals surface area contributed by atoms with Gasteiger partial charge < -0.3 is 34.1 Å². The average molecular weight is 641 g/mol. The van der Waals surface area contributed by atoms with Crippen LogP contribution in [0.15, 0.2) is 41.3 Å². The van der Waals surface area contributed by atoms with Gasteiger partial charge >= 0.3 is 0 Å². The molecule has 0 spiro atoms. The van der Waals surface area contributed by atoms with Crippen molar-refractivity contribution in [2.45, 2.75) is 38.0 Å². The fourth-order valence-corrected chi connectivity index (χ4v) is 5.82. The van der Waals surface area contributed by atoms with Gasteiger partial charge in [0.15, 0.2) is 0 Å². The summed E-state index contributed by atoms with van der Waals surface area (Å²) in [7, 11) is 6.97. The minimum atomic E-state index is -0.284. The second kappa shape index (κ2) is 15.0. The minimum absolute atomic E-state index is 0.0234. The summed E-state index contributed by atoms with van der Waals surface area (Å²) < 4.78 is 24.2. The van der Waals surface area contributed by atoms with E-state index < -0.39 is 0 Å². The Balaban J connectivity index is 1.41. The monoisotopic (exact) mass is 640 g/mol. The molecule has 4 heterocycles. The maximum Gasteiger partial charge on any atom is 0.260 e. The van der Waals surface area contributed by atoms with Crippen molar-refractivity contribution in [1.29, 1.82) is 0 Å². The number of methoxy groups -OCH3 is 2. The van der Waals surface area contributed by atoms with Crippen molar-refractivity contribution in [1.82, 2.24) is 24.3 Å². The van der Waals surface area contributed by atoms with Gasteiger partial charge in [-0.15, -0.1) is 0 Å². The van der Waals surface area contributed by atoms with E-state index in [0.29, 0.717) is 77.5 Å². The Morgan fingerprint density at radius 3 is 2.69 bits per heavy atom. The first-order valence-corrected chi connectivity index (χ1v) is 15.5. The molecule has 45 heavy (non-hydrogen) atoms. The predicted molar refractivity (Wildman–Crippen MR) is 173 cm³/mol. The molecule has 0 aliphatic carbocycles. The topological polar surface area (TPSA) is 120 Å². The van der Waals surface area contributed by atoms with Crippen molar-refractivity contribution < 1.29 is 23.7 Å². The summed E-state index contributed by atoms with van der Waals surface area (Å²) in [5.41, 5.74) is 1.04. The van der Waals surface area contributed by atoms with Gasteiger partial charge in [-0.25, -0.2) is 4.98 Å². The molecule has 1 aromatic carbocycles. The summed E-state index contributed by atoms with van der Waals surface area (Å²) in [6.07, 6.45) is 7.48. The van der Waals surface area contributed by atoms with E-state index in [1.165, 1.54) is 7.11 Å². The molecule has 0 radical (unpaired) electrons. The Morgan fingerprint density at radius 1 is 1.16 bits per heavy atom. The van der Waals surface area contributed by atoms with Crippen molar-refractivity contribution >= 4 is 34.5 Å². The largest absolute Gasteiger partial charge is 0.497 e. The standard InChI is InChI=1S/C32H41ClN6O6/c1-37(2)10-5-6-28(40)38-11-7-23(20-38)45-15-12-39-30-21(19-34-32(36-30)35-22-8-13-44-14-9-22)16-26(31(39)41)25-17-24(42-3)18-27(43-4)29(25)33/h5-6,16-19,22-23H,7-15,20H2,1-4H3,(H,34,35,36). The van der Waals surface area contributed by atoms with E-state index >= 15 is 0 Å². The molecule has 2 aliphatic rings. The maximum atomic E-state index is 14.2. The van der Waals surface area contributed by atoms with Crippen LogP contribution in [0.25, 0.3) is 22.2 Å². The molecule has 2 aromatic heterocycles. The van der Waals surface area contributed by atoms with Gasteiger partial charge in [0.2, 0.25) is 11.9 Å². The SMILES string of the molecule is COc1cc(OC)c(Cl)c(-c2cc3cnc(NC4CCOCC4)nc3n(CCOC3CCN(C(=O)C=CCN(C)C)C3)c2=O)c1. The Kier molecular flexibility index (Phi) is 10.9. The van der Waals surface area contributed by atoms with Crippen LogP contribution >= 0.6 is 11.6 Å². The van der Waals surface area contributed by atoms with Crippen molar-refractivity contribution in [3.8, 4) is 22.6 Å². The third-order valence-electron chi connectivity index (χ3n) is 8.00. The van der Waals surface area contributed by atoms with Crippen LogP contribution in [0.1, 0.15) is 19.3 Å². The zero-order valence-electron chi connectivity index (χ0n) is 26.3. The number of anilines is 1. The van der Waals surface area contributed by atoms with Gasteiger partial charge in [-0.1, -0.05) is 17.7 Å². The molecule has 0 saturated carbocycles. The molecule has 3 aromatic rings. The third-order valence-corrected chi connectivity index (χ3v) is 8.39. The summed E-state index contributed by atoms with van der Waals surface area (Å²) in [4.78, 5) is 39.9.